The van der Waals surface area contributed by atoms with Crippen LogP contribution >= 0.6 is 0 Å². The number of halogens is 2. The first-order valence-electron chi connectivity index (χ1n) is 5.87. The summed E-state index contributed by atoms with van der Waals surface area (Å²) >= 11 is 0. The van der Waals surface area contributed by atoms with Crippen LogP contribution in [0, 0.1) is 0 Å². The lowest BCUT2D eigenvalue weighted by molar-refractivity contribution is -0.0390. The van der Waals surface area contributed by atoms with E-state index in [1.165, 1.54) is 0 Å². The molecule has 4 nitrogen and oxygen atoms in total. The fraction of sp³-hybridized carbons (Fsp3) is 0.818. The van der Waals surface area contributed by atoms with Crippen molar-refractivity contribution in [1.82, 2.24) is 14.8 Å². The van der Waals surface area contributed by atoms with Gasteiger partial charge >= 0.3 is 0 Å². The van der Waals surface area contributed by atoms with Gasteiger partial charge in [-0.25, -0.2) is 8.78 Å². The molecule has 0 aromatic carbocycles. The number of nitrogens with zero attached hydrogens (tertiary/aromatic N) is 3. The molecule has 1 fully saturated rings. The molecule has 0 radical (unpaired) electrons. The van der Waals surface area contributed by atoms with Crippen LogP contribution in [0.2, 0.25) is 0 Å². The van der Waals surface area contributed by atoms with E-state index in [0.717, 1.165) is 5.82 Å². The molecule has 1 aromatic heterocycles. The van der Waals surface area contributed by atoms with Crippen molar-refractivity contribution in [3.05, 3.63) is 12.2 Å². The smallest absolute Gasteiger partial charge is 0.248 e. The monoisotopic (exact) mass is 245 g/mol. The second-order valence-corrected chi connectivity index (χ2v) is 4.51. The highest BCUT2D eigenvalue weighted by Crippen LogP contribution is 2.40. The van der Waals surface area contributed by atoms with Crippen molar-refractivity contribution in [3.8, 4) is 0 Å². The largest absolute Gasteiger partial charge is 0.383 e. The van der Waals surface area contributed by atoms with Gasteiger partial charge in [0.2, 0.25) is 5.92 Å². The summed E-state index contributed by atoms with van der Waals surface area (Å²) in [6.07, 6.45) is 2.52. The average molecular weight is 245 g/mol. The summed E-state index contributed by atoms with van der Waals surface area (Å²) < 4.78 is 33.0. The summed E-state index contributed by atoms with van der Waals surface area (Å²) in [7, 11) is 1.63. The Morgan fingerprint density at radius 2 is 2.18 bits per heavy atom. The van der Waals surface area contributed by atoms with Crippen LogP contribution in [0.3, 0.4) is 0 Å². The van der Waals surface area contributed by atoms with Gasteiger partial charge in [-0.2, -0.15) is 0 Å². The zero-order valence-corrected chi connectivity index (χ0v) is 9.90. The molecule has 0 N–H and O–H groups in total. The molecule has 1 heterocycles. The molecular weight excluding hydrogens is 228 g/mol. The highest BCUT2D eigenvalue weighted by atomic mass is 19.3. The summed E-state index contributed by atoms with van der Waals surface area (Å²) in [4.78, 5) is 0. The Kier molecular flexibility index (Phi) is 3.71. The van der Waals surface area contributed by atoms with Gasteiger partial charge in [0.25, 0.3) is 0 Å². The quantitative estimate of drug-likeness (QED) is 0.816. The molecule has 2 rings (SSSR count). The molecule has 1 aliphatic carbocycles. The maximum Gasteiger partial charge on any atom is 0.248 e. The Morgan fingerprint density at radius 1 is 1.47 bits per heavy atom. The Bertz CT molecular complexity index is 357. The van der Waals surface area contributed by atoms with E-state index in [2.05, 4.69) is 10.2 Å². The van der Waals surface area contributed by atoms with Crippen LogP contribution in [-0.4, -0.2) is 34.4 Å². The molecule has 0 spiro atoms. The van der Waals surface area contributed by atoms with Crippen LogP contribution in [0.4, 0.5) is 8.78 Å². The third-order valence-corrected chi connectivity index (χ3v) is 3.26. The van der Waals surface area contributed by atoms with Gasteiger partial charge in [-0.1, -0.05) is 0 Å². The molecule has 0 aliphatic heterocycles. The Morgan fingerprint density at radius 3 is 2.82 bits per heavy atom. The fourth-order valence-corrected chi connectivity index (χ4v) is 2.24. The maximum atomic E-state index is 13.1. The van der Waals surface area contributed by atoms with E-state index < -0.39 is 5.92 Å². The number of rotatable bonds is 4. The predicted molar refractivity (Wildman–Crippen MR) is 58.1 cm³/mol. The zero-order valence-electron chi connectivity index (χ0n) is 9.90. The molecule has 1 aliphatic rings. The van der Waals surface area contributed by atoms with E-state index in [9.17, 15) is 8.78 Å². The Labute approximate surface area is 99.0 Å². The van der Waals surface area contributed by atoms with Crippen LogP contribution in [-0.2, 0) is 11.3 Å². The van der Waals surface area contributed by atoms with E-state index in [4.69, 9.17) is 4.74 Å². The van der Waals surface area contributed by atoms with Crippen molar-refractivity contribution < 1.29 is 13.5 Å². The molecule has 1 aromatic rings. The molecule has 0 saturated heterocycles. The van der Waals surface area contributed by atoms with Crippen molar-refractivity contribution in [2.24, 2.45) is 0 Å². The van der Waals surface area contributed by atoms with Crippen LogP contribution in [0.25, 0.3) is 0 Å². The maximum absolute atomic E-state index is 13.1. The Balaban J connectivity index is 2.00. The van der Waals surface area contributed by atoms with Gasteiger partial charge in [0.1, 0.15) is 12.2 Å². The van der Waals surface area contributed by atoms with Crippen molar-refractivity contribution in [3.63, 3.8) is 0 Å². The van der Waals surface area contributed by atoms with Crippen molar-refractivity contribution >= 4 is 0 Å². The first-order valence-corrected chi connectivity index (χ1v) is 5.87. The summed E-state index contributed by atoms with van der Waals surface area (Å²) in [5.41, 5.74) is 0. The minimum absolute atomic E-state index is 0.0468. The fourth-order valence-electron chi connectivity index (χ4n) is 2.24. The molecular formula is C11H17F2N3O. The van der Waals surface area contributed by atoms with Crippen LogP contribution in [0.15, 0.2) is 6.33 Å². The number of aromatic nitrogens is 3. The van der Waals surface area contributed by atoms with Gasteiger partial charge in [0.15, 0.2) is 0 Å². The lowest BCUT2D eigenvalue weighted by atomic mass is 9.86. The second kappa shape index (κ2) is 5.08. The molecule has 17 heavy (non-hydrogen) atoms. The molecule has 0 unspecified atom stereocenters. The third kappa shape index (κ3) is 3.00. The number of methoxy groups -OCH3 is 1. The number of alkyl halides is 2. The third-order valence-electron chi connectivity index (χ3n) is 3.26. The van der Waals surface area contributed by atoms with Gasteiger partial charge in [0.05, 0.1) is 6.61 Å². The topological polar surface area (TPSA) is 39.9 Å². The molecule has 0 amide bonds. The zero-order chi connectivity index (χ0) is 12.3. The SMILES string of the molecule is COCCn1cnnc1C1CCC(F)(F)CC1. The van der Waals surface area contributed by atoms with Gasteiger partial charge in [-0.3, -0.25) is 0 Å². The first-order chi connectivity index (χ1) is 8.12. The average Bonchev–Trinajstić information content (AvgIpc) is 2.74. The molecule has 1 saturated carbocycles. The van der Waals surface area contributed by atoms with E-state index >= 15 is 0 Å². The Hall–Kier alpha value is -1.04. The van der Waals surface area contributed by atoms with Gasteiger partial charge in [-0.15, -0.1) is 10.2 Å². The summed E-state index contributed by atoms with van der Waals surface area (Å²) in [6, 6.07) is 0. The summed E-state index contributed by atoms with van der Waals surface area (Å²) in [5.74, 6) is -1.57. The van der Waals surface area contributed by atoms with Crippen molar-refractivity contribution in [1.29, 1.82) is 0 Å². The standard InChI is InChI=1S/C11H17F2N3O/c1-17-7-6-16-8-14-15-10(16)9-2-4-11(12,13)5-3-9/h8-9H,2-7H2,1H3. The molecule has 0 atom stereocenters. The highest BCUT2D eigenvalue weighted by Gasteiger charge is 2.36. The number of ether oxygens (including phenoxy) is 1. The second-order valence-electron chi connectivity index (χ2n) is 4.51. The minimum atomic E-state index is -2.49. The normalized spacial score (nSPS) is 20.6. The summed E-state index contributed by atoms with van der Waals surface area (Å²) in [5, 5.41) is 7.91. The first kappa shape index (κ1) is 12.4. The van der Waals surface area contributed by atoms with E-state index in [1.54, 1.807) is 13.4 Å². The van der Waals surface area contributed by atoms with Gasteiger partial charge in [-0.05, 0) is 12.8 Å². The molecule has 0 bridgehead atoms. The van der Waals surface area contributed by atoms with E-state index in [0.29, 0.717) is 26.0 Å². The van der Waals surface area contributed by atoms with E-state index in [1.807, 2.05) is 4.57 Å². The minimum Gasteiger partial charge on any atom is -0.383 e. The van der Waals surface area contributed by atoms with Crippen molar-refractivity contribution in [2.45, 2.75) is 44.1 Å². The van der Waals surface area contributed by atoms with Crippen LogP contribution in [0.1, 0.15) is 37.4 Å². The van der Waals surface area contributed by atoms with Gasteiger partial charge < -0.3 is 9.30 Å². The molecule has 96 valence electrons. The van der Waals surface area contributed by atoms with Crippen LogP contribution in [0.5, 0.6) is 0 Å². The lowest BCUT2D eigenvalue weighted by Crippen LogP contribution is -2.25. The van der Waals surface area contributed by atoms with Crippen molar-refractivity contribution in [2.75, 3.05) is 13.7 Å². The predicted octanol–water partition coefficient (Wildman–Crippen LogP) is 2.22. The summed E-state index contributed by atoms with van der Waals surface area (Å²) in [6.45, 7) is 1.25. The van der Waals surface area contributed by atoms with E-state index in [-0.39, 0.29) is 18.8 Å². The van der Waals surface area contributed by atoms with Crippen LogP contribution < -0.4 is 0 Å². The molecule has 6 heteroatoms. The van der Waals surface area contributed by atoms with Gasteiger partial charge in [0, 0.05) is 32.4 Å². The number of hydrogen-bond acceptors (Lipinski definition) is 3. The highest BCUT2D eigenvalue weighted by molar-refractivity contribution is 4.99. The lowest BCUT2D eigenvalue weighted by Gasteiger charge is -2.27. The number of hydrogen-bond donors (Lipinski definition) is 0.